The van der Waals surface area contributed by atoms with Crippen LogP contribution in [0.5, 0.6) is 0 Å². The van der Waals surface area contributed by atoms with Crippen LogP contribution in [0.4, 0.5) is 4.79 Å². The molecule has 1 aliphatic rings. The molecule has 0 saturated carbocycles. The molecule has 6 nitrogen and oxygen atoms in total. The van der Waals surface area contributed by atoms with E-state index in [1.807, 2.05) is 0 Å². The van der Waals surface area contributed by atoms with Crippen LogP contribution in [0.3, 0.4) is 0 Å². The summed E-state index contributed by atoms with van der Waals surface area (Å²) in [5.74, 6) is -1.25. The number of alkyl carbamates (subject to hydrolysis) is 1. The van der Waals surface area contributed by atoms with Gasteiger partial charge in [0.15, 0.2) is 0 Å². The highest BCUT2D eigenvalue weighted by atomic mass is 16.6. The van der Waals surface area contributed by atoms with Crippen molar-refractivity contribution in [2.24, 2.45) is 0 Å². The number of hydrogen-bond acceptors (Lipinski definition) is 5. The molecule has 1 heterocycles. The quantitative estimate of drug-likeness (QED) is 0.529. The fourth-order valence-corrected chi connectivity index (χ4v) is 1.26. The molecule has 1 amide bonds. The van der Waals surface area contributed by atoms with Gasteiger partial charge in [-0.15, -0.1) is 0 Å². The second kappa shape index (κ2) is 4.51. The van der Waals surface area contributed by atoms with Gasteiger partial charge in [-0.2, -0.15) is 0 Å². The van der Waals surface area contributed by atoms with Gasteiger partial charge in [-0.1, -0.05) is 0 Å². The topological polar surface area (TPSA) is 81.7 Å². The first-order chi connectivity index (χ1) is 7.26. The standard InChI is InChI=1S/C10H15NO5/c1-10(2,3)16-9(14)11-6-4-7(12)15-8(13)5-6/h6H,4-5H2,1-3H3,(H,11,14). The minimum absolute atomic E-state index is 0.00895. The number of rotatable bonds is 1. The zero-order valence-electron chi connectivity index (χ0n) is 9.53. The summed E-state index contributed by atoms with van der Waals surface area (Å²) < 4.78 is 9.33. The molecule has 1 saturated heterocycles. The summed E-state index contributed by atoms with van der Waals surface area (Å²) in [6.45, 7) is 5.19. The van der Waals surface area contributed by atoms with Gasteiger partial charge in [0, 0.05) is 0 Å². The Bertz CT molecular complexity index is 302. The van der Waals surface area contributed by atoms with Crippen LogP contribution in [-0.4, -0.2) is 29.7 Å². The summed E-state index contributed by atoms with van der Waals surface area (Å²) in [6, 6.07) is -0.538. The first-order valence-corrected chi connectivity index (χ1v) is 4.99. The summed E-state index contributed by atoms with van der Waals surface area (Å²) >= 11 is 0. The smallest absolute Gasteiger partial charge is 0.407 e. The zero-order valence-corrected chi connectivity index (χ0v) is 9.53. The highest BCUT2D eigenvalue weighted by molar-refractivity contribution is 5.89. The van der Waals surface area contributed by atoms with Gasteiger partial charge < -0.3 is 14.8 Å². The SMILES string of the molecule is CC(C)(C)OC(=O)NC1CC(=O)OC(=O)C1. The van der Waals surface area contributed by atoms with Gasteiger partial charge in [-0.3, -0.25) is 9.59 Å². The Hall–Kier alpha value is -1.59. The number of carbonyl (C=O) groups is 3. The number of ether oxygens (including phenoxy) is 2. The predicted molar refractivity (Wildman–Crippen MR) is 53.5 cm³/mol. The van der Waals surface area contributed by atoms with Gasteiger partial charge in [0.05, 0.1) is 18.9 Å². The van der Waals surface area contributed by atoms with Crippen molar-refractivity contribution in [3.8, 4) is 0 Å². The lowest BCUT2D eigenvalue weighted by Gasteiger charge is -2.24. The monoisotopic (exact) mass is 229 g/mol. The van der Waals surface area contributed by atoms with Gasteiger partial charge in [0.25, 0.3) is 0 Å². The largest absolute Gasteiger partial charge is 0.444 e. The summed E-state index contributed by atoms with van der Waals surface area (Å²) in [5.41, 5.74) is -0.608. The van der Waals surface area contributed by atoms with E-state index in [9.17, 15) is 14.4 Å². The molecule has 0 aromatic heterocycles. The molecule has 0 aromatic rings. The Morgan fingerprint density at radius 3 is 2.25 bits per heavy atom. The maximum absolute atomic E-state index is 11.3. The number of nitrogens with one attached hydrogen (secondary N) is 1. The van der Waals surface area contributed by atoms with Crippen LogP contribution in [0.25, 0.3) is 0 Å². The van der Waals surface area contributed by atoms with Gasteiger partial charge in [-0.25, -0.2) is 4.79 Å². The molecule has 0 atom stereocenters. The predicted octanol–water partition coefficient (Wildman–Crippen LogP) is 0.743. The van der Waals surface area contributed by atoms with Crippen LogP contribution in [0, 0.1) is 0 Å². The van der Waals surface area contributed by atoms with E-state index in [4.69, 9.17) is 4.74 Å². The highest BCUT2D eigenvalue weighted by Gasteiger charge is 2.29. The summed E-state index contributed by atoms with van der Waals surface area (Å²) in [4.78, 5) is 33.2. The molecule has 6 heteroatoms. The minimum Gasteiger partial charge on any atom is -0.444 e. The third-order valence-corrected chi connectivity index (χ3v) is 1.77. The third-order valence-electron chi connectivity index (χ3n) is 1.77. The van der Waals surface area contributed by atoms with E-state index in [-0.39, 0.29) is 12.8 Å². The van der Waals surface area contributed by atoms with Crippen molar-refractivity contribution >= 4 is 18.0 Å². The van der Waals surface area contributed by atoms with Crippen LogP contribution >= 0.6 is 0 Å². The number of amides is 1. The molecular weight excluding hydrogens is 214 g/mol. The van der Waals surface area contributed by atoms with Crippen molar-refractivity contribution in [2.75, 3.05) is 0 Å². The fraction of sp³-hybridized carbons (Fsp3) is 0.700. The van der Waals surface area contributed by atoms with Crippen molar-refractivity contribution in [2.45, 2.75) is 45.3 Å². The molecule has 0 spiro atoms. The molecule has 16 heavy (non-hydrogen) atoms. The second-order valence-corrected chi connectivity index (χ2v) is 4.60. The second-order valence-electron chi connectivity index (χ2n) is 4.60. The normalized spacial score (nSPS) is 17.9. The van der Waals surface area contributed by atoms with Crippen molar-refractivity contribution in [3.63, 3.8) is 0 Å². The number of esters is 2. The summed E-state index contributed by atoms with van der Waals surface area (Å²) in [6.07, 6.45) is -0.657. The highest BCUT2D eigenvalue weighted by Crippen LogP contribution is 2.11. The van der Waals surface area contributed by atoms with E-state index >= 15 is 0 Å². The lowest BCUT2D eigenvalue weighted by Crippen LogP contribution is -2.44. The number of carbonyl (C=O) groups excluding carboxylic acids is 3. The average Bonchev–Trinajstić information content (AvgIpc) is 1.96. The molecule has 0 aliphatic carbocycles. The van der Waals surface area contributed by atoms with Crippen molar-refractivity contribution in [3.05, 3.63) is 0 Å². The maximum Gasteiger partial charge on any atom is 0.407 e. The first-order valence-electron chi connectivity index (χ1n) is 4.99. The van der Waals surface area contributed by atoms with E-state index in [1.54, 1.807) is 20.8 Å². The Kier molecular flexibility index (Phi) is 3.51. The zero-order chi connectivity index (χ0) is 12.3. The van der Waals surface area contributed by atoms with Crippen molar-refractivity contribution in [1.29, 1.82) is 0 Å². The van der Waals surface area contributed by atoms with E-state index in [1.165, 1.54) is 0 Å². The van der Waals surface area contributed by atoms with Crippen molar-refractivity contribution < 1.29 is 23.9 Å². The average molecular weight is 229 g/mol. The van der Waals surface area contributed by atoms with E-state index < -0.39 is 29.7 Å². The molecule has 1 rings (SSSR count). The number of cyclic esters (lactones) is 2. The molecule has 90 valence electrons. The first kappa shape index (κ1) is 12.5. The van der Waals surface area contributed by atoms with Crippen LogP contribution in [0.2, 0.25) is 0 Å². The van der Waals surface area contributed by atoms with Crippen LogP contribution in [-0.2, 0) is 19.1 Å². The molecule has 1 fully saturated rings. The third kappa shape index (κ3) is 4.29. The lowest BCUT2D eigenvalue weighted by molar-refractivity contribution is -0.164. The van der Waals surface area contributed by atoms with Gasteiger partial charge in [0.2, 0.25) is 0 Å². The van der Waals surface area contributed by atoms with Gasteiger partial charge in [0.1, 0.15) is 5.60 Å². The Morgan fingerprint density at radius 1 is 1.31 bits per heavy atom. The summed E-state index contributed by atoms with van der Waals surface area (Å²) in [5, 5.41) is 2.45. The van der Waals surface area contributed by atoms with Crippen molar-refractivity contribution in [1.82, 2.24) is 5.32 Å². The van der Waals surface area contributed by atoms with Gasteiger partial charge in [-0.05, 0) is 20.8 Å². The molecular formula is C10H15NO5. The minimum atomic E-state index is -0.639. The Balaban J connectivity index is 2.45. The van der Waals surface area contributed by atoms with E-state index in [2.05, 4.69) is 10.1 Å². The molecule has 0 radical (unpaired) electrons. The van der Waals surface area contributed by atoms with Crippen LogP contribution in [0.1, 0.15) is 33.6 Å². The van der Waals surface area contributed by atoms with Gasteiger partial charge >= 0.3 is 18.0 Å². The van der Waals surface area contributed by atoms with E-state index in [0.717, 1.165) is 0 Å². The number of hydrogen-bond donors (Lipinski definition) is 1. The molecule has 1 N–H and O–H groups in total. The molecule has 0 unspecified atom stereocenters. The molecule has 1 aliphatic heterocycles. The molecule has 0 bridgehead atoms. The molecule has 0 aromatic carbocycles. The Labute approximate surface area is 93.3 Å². The lowest BCUT2D eigenvalue weighted by atomic mass is 10.1. The maximum atomic E-state index is 11.3. The van der Waals surface area contributed by atoms with E-state index in [0.29, 0.717) is 0 Å². The summed E-state index contributed by atoms with van der Waals surface area (Å²) in [7, 11) is 0. The fourth-order valence-electron chi connectivity index (χ4n) is 1.26. The van der Waals surface area contributed by atoms with Crippen LogP contribution < -0.4 is 5.32 Å². The Morgan fingerprint density at radius 2 is 1.81 bits per heavy atom. The van der Waals surface area contributed by atoms with Crippen LogP contribution in [0.15, 0.2) is 0 Å².